The molecule has 7 heteroatoms. The Morgan fingerprint density at radius 2 is 2.15 bits per heavy atom. The Balaban J connectivity index is 3.01. The Kier molecular flexibility index (Phi) is 6.81. The molecule has 114 valence electrons. The summed E-state index contributed by atoms with van der Waals surface area (Å²) in [6, 6.07) is 4.46. The molecule has 0 radical (unpaired) electrons. The van der Waals surface area contributed by atoms with E-state index in [1.54, 1.807) is 23.9 Å². The van der Waals surface area contributed by atoms with Gasteiger partial charge in [-0.3, -0.25) is 0 Å². The SMILES string of the molecule is COc1ccc(CO)cc1S(=O)(=O)NC(C)CCSC. The Labute approximate surface area is 124 Å². The summed E-state index contributed by atoms with van der Waals surface area (Å²) in [7, 11) is -2.24. The number of thioether (sulfide) groups is 1. The van der Waals surface area contributed by atoms with Gasteiger partial charge in [0.25, 0.3) is 0 Å². The van der Waals surface area contributed by atoms with Gasteiger partial charge in [0.05, 0.1) is 13.7 Å². The summed E-state index contributed by atoms with van der Waals surface area (Å²) in [4.78, 5) is 0.0579. The van der Waals surface area contributed by atoms with Crippen molar-refractivity contribution in [2.75, 3.05) is 19.1 Å². The molecule has 1 aromatic carbocycles. The van der Waals surface area contributed by atoms with Crippen LogP contribution < -0.4 is 9.46 Å². The number of methoxy groups -OCH3 is 1. The van der Waals surface area contributed by atoms with E-state index in [-0.39, 0.29) is 23.3 Å². The second kappa shape index (κ2) is 7.87. The Bertz CT molecular complexity index is 531. The smallest absolute Gasteiger partial charge is 0.244 e. The monoisotopic (exact) mass is 319 g/mol. The van der Waals surface area contributed by atoms with Crippen LogP contribution >= 0.6 is 11.8 Å². The molecule has 20 heavy (non-hydrogen) atoms. The number of aliphatic hydroxyl groups is 1. The van der Waals surface area contributed by atoms with Crippen LogP contribution in [-0.2, 0) is 16.6 Å². The third kappa shape index (κ3) is 4.66. The molecule has 1 unspecified atom stereocenters. The maximum absolute atomic E-state index is 12.4. The summed E-state index contributed by atoms with van der Waals surface area (Å²) >= 11 is 1.67. The number of sulfonamides is 1. The molecule has 0 aliphatic rings. The molecule has 5 nitrogen and oxygen atoms in total. The van der Waals surface area contributed by atoms with Crippen LogP contribution in [0.3, 0.4) is 0 Å². The number of aliphatic hydroxyl groups excluding tert-OH is 1. The Hall–Kier alpha value is -0.760. The van der Waals surface area contributed by atoms with Crippen molar-refractivity contribution >= 4 is 21.8 Å². The van der Waals surface area contributed by atoms with Crippen LogP contribution in [0, 0.1) is 0 Å². The van der Waals surface area contributed by atoms with Crippen molar-refractivity contribution in [3.05, 3.63) is 23.8 Å². The first-order valence-electron chi connectivity index (χ1n) is 6.23. The van der Waals surface area contributed by atoms with E-state index >= 15 is 0 Å². The molecule has 0 heterocycles. The molecule has 1 rings (SSSR count). The van der Waals surface area contributed by atoms with E-state index in [0.29, 0.717) is 5.56 Å². The van der Waals surface area contributed by atoms with Crippen LogP contribution in [0.4, 0.5) is 0 Å². The minimum absolute atomic E-state index is 0.0579. The lowest BCUT2D eigenvalue weighted by atomic mass is 10.2. The fourth-order valence-corrected chi connectivity index (χ4v) is 3.80. The van der Waals surface area contributed by atoms with E-state index in [4.69, 9.17) is 9.84 Å². The van der Waals surface area contributed by atoms with Crippen LogP contribution in [0.15, 0.2) is 23.1 Å². The van der Waals surface area contributed by atoms with Crippen molar-refractivity contribution in [1.29, 1.82) is 0 Å². The molecule has 0 fully saturated rings. The van der Waals surface area contributed by atoms with Gasteiger partial charge in [-0.2, -0.15) is 11.8 Å². The summed E-state index contributed by atoms with van der Waals surface area (Å²) < 4.78 is 32.5. The largest absolute Gasteiger partial charge is 0.495 e. The molecule has 0 aliphatic heterocycles. The lowest BCUT2D eigenvalue weighted by molar-refractivity contribution is 0.281. The number of hydrogen-bond donors (Lipinski definition) is 2. The second-order valence-electron chi connectivity index (χ2n) is 4.45. The number of rotatable bonds is 8. The van der Waals surface area contributed by atoms with E-state index in [2.05, 4.69) is 4.72 Å². The minimum Gasteiger partial charge on any atom is -0.495 e. The van der Waals surface area contributed by atoms with Crippen LogP contribution in [0.5, 0.6) is 5.75 Å². The standard InChI is InChI=1S/C13H21NO4S2/c1-10(6-7-19-3)14-20(16,17)13-8-11(9-15)4-5-12(13)18-2/h4-5,8,10,14-15H,6-7,9H2,1-3H3. The van der Waals surface area contributed by atoms with Crippen molar-refractivity contribution < 1.29 is 18.3 Å². The van der Waals surface area contributed by atoms with Crippen molar-refractivity contribution in [2.45, 2.75) is 30.9 Å². The Morgan fingerprint density at radius 3 is 2.70 bits per heavy atom. The number of hydrogen-bond acceptors (Lipinski definition) is 5. The normalized spacial score (nSPS) is 13.2. The predicted octanol–water partition coefficient (Wildman–Crippen LogP) is 1.61. The molecule has 0 aromatic heterocycles. The molecular weight excluding hydrogens is 298 g/mol. The average Bonchev–Trinajstić information content (AvgIpc) is 2.43. The zero-order valence-corrected chi connectivity index (χ0v) is 13.6. The number of ether oxygens (including phenoxy) is 1. The molecule has 0 saturated carbocycles. The van der Waals surface area contributed by atoms with Gasteiger partial charge < -0.3 is 9.84 Å². The van der Waals surface area contributed by atoms with Crippen molar-refractivity contribution in [3.63, 3.8) is 0 Å². The van der Waals surface area contributed by atoms with Gasteiger partial charge in [-0.05, 0) is 43.0 Å². The predicted molar refractivity (Wildman–Crippen MR) is 81.7 cm³/mol. The molecule has 1 aromatic rings. The topological polar surface area (TPSA) is 75.6 Å². The van der Waals surface area contributed by atoms with E-state index < -0.39 is 10.0 Å². The highest BCUT2D eigenvalue weighted by Gasteiger charge is 2.22. The van der Waals surface area contributed by atoms with Gasteiger partial charge >= 0.3 is 0 Å². The third-order valence-corrected chi connectivity index (χ3v) is 5.07. The van der Waals surface area contributed by atoms with Crippen LogP contribution in [0.25, 0.3) is 0 Å². The first-order chi connectivity index (χ1) is 9.44. The van der Waals surface area contributed by atoms with Gasteiger partial charge in [-0.25, -0.2) is 13.1 Å². The zero-order chi connectivity index (χ0) is 15.2. The maximum Gasteiger partial charge on any atom is 0.244 e. The third-order valence-electron chi connectivity index (χ3n) is 2.81. The average molecular weight is 319 g/mol. The Morgan fingerprint density at radius 1 is 1.45 bits per heavy atom. The fourth-order valence-electron chi connectivity index (χ4n) is 1.71. The molecule has 0 aliphatic carbocycles. The maximum atomic E-state index is 12.4. The van der Waals surface area contributed by atoms with E-state index in [0.717, 1.165) is 12.2 Å². The van der Waals surface area contributed by atoms with Gasteiger partial charge in [0.15, 0.2) is 0 Å². The fraction of sp³-hybridized carbons (Fsp3) is 0.538. The minimum atomic E-state index is -3.66. The highest BCUT2D eigenvalue weighted by molar-refractivity contribution is 7.98. The number of benzene rings is 1. The quantitative estimate of drug-likeness (QED) is 0.761. The van der Waals surface area contributed by atoms with Gasteiger partial charge in [-0.1, -0.05) is 6.07 Å². The second-order valence-corrected chi connectivity index (χ2v) is 7.12. The summed E-state index contributed by atoms with van der Waals surface area (Å²) in [5.74, 6) is 1.16. The molecule has 0 saturated heterocycles. The molecule has 2 N–H and O–H groups in total. The number of nitrogens with one attached hydrogen (secondary N) is 1. The van der Waals surface area contributed by atoms with Crippen molar-refractivity contribution in [2.24, 2.45) is 0 Å². The summed E-state index contributed by atoms with van der Waals surface area (Å²) in [5, 5.41) is 9.13. The van der Waals surface area contributed by atoms with Crippen LogP contribution in [-0.4, -0.2) is 38.7 Å². The highest BCUT2D eigenvalue weighted by Crippen LogP contribution is 2.25. The summed E-state index contributed by atoms with van der Waals surface area (Å²) in [5.41, 5.74) is 0.531. The molecule has 0 bridgehead atoms. The zero-order valence-electron chi connectivity index (χ0n) is 11.9. The van der Waals surface area contributed by atoms with E-state index in [9.17, 15) is 8.42 Å². The summed E-state index contributed by atoms with van der Waals surface area (Å²) in [6.07, 6.45) is 2.73. The molecule has 0 amide bonds. The van der Waals surface area contributed by atoms with Crippen molar-refractivity contribution in [3.8, 4) is 5.75 Å². The van der Waals surface area contributed by atoms with Crippen LogP contribution in [0.2, 0.25) is 0 Å². The summed E-state index contributed by atoms with van der Waals surface area (Å²) in [6.45, 7) is 1.62. The van der Waals surface area contributed by atoms with E-state index in [1.807, 2.05) is 13.2 Å². The van der Waals surface area contributed by atoms with E-state index in [1.165, 1.54) is 13.2 Å². The molecular formula is C13H21NO4S2. The van der Waals surface area contributed by atoms with Gasteiger partial charge in [0.1, 0.15) is 10.6 Å². The lowest BCUT2D eigenvalue weighted by Crippen LogP contribution is -2.33. The molecule has 1 atom stereocenters. The van der Waals surface area contributed by atoms with Gasteiger partial charge in [0, 0.05) is 6.04 Å². The van der Waals surface area contributed by atoms with Crippen LogP contribution in [0.1, 0.15) is 18.9 Å². The first-order valence-corrected chi connectivity index (χ1v) is 9.11. The lowest BCUT2D eigenvalue weighted by Gasteiger charge is -2.16. The van der Waals surface area contributed by atoms with Crippen molar-refractivity contribution in [1.82, 2.24) is 4.72 Å². The van der Waals surface area contributed by atoms with Gasteiger partial charge in [0.2, 0.25) is 10.0 Å². The molecule has 0 spiro atoms. The van der Waals surface area contributed by atoms with Gasteiger partial charge in [-0.15, -0.1) is 0 Å². The highest BCUT2D eigenvalue weighted by atomic mass is 32.2. The first kappa shape index (κ1) is 17.3.